The highest BCUT2D eigenvalue weighted by Crippen LogP contribution is 2.12. The van der Waals surface area contributed by atoms with E-state index < -0.39 is 0 Å². The third-order valence-corrected chi connectivity index (χ3v) is 3.98. The lowest BCUT2D eigenvalue weighted by Gasteiger charge is -2.40. The van der Waals surface area contributed by atoms with E-state index >= 15 is 0 Å². The Kier molecular flexibility index (Phi) is 5.66. The Morgan fingerprint density at radius 1 is 1.19 bits per heavy atom. The zero-order valence-corrected chi connectivity index (χ0v) is 11.6. The van der Waals surface area contributed by atoms with Crippen molar-refractivity contribution in [3.63, 3.8) is 0 Å². The van der Waals surface area contributed by atoms with Crippen LogP contribution in [0.3, 0.4) is 0 Å². The predicted molar refractivity (Wildman–Crippen MR) is 73.8 cm³/mol. The van der Waals surface area contributed by atoms with E-state index in [1.54, 1.807) is 0 Å². The van der Waals surface area contributed by atoms with Crippen LogP contribution in [0.25, 0.3) is 0 Å². The fraction of sp³-hybridized carbons (Fsp3) is 0.917. The van der Waals surface area contributed by atoms with Gasteiger partial charge in [0.1, 0.15) is 0 Å². The highest BCUT2D eigenvalue weighted by molar-refractivity contribution is 7.80. The molecule has 1 rings (SSSR count). The number of rotatable bonds is 5. The third kappa shape index (κ3) is 3.68. The van der Waals surface area contributed by atoms with Crippen molar-refractivity contribution in [2.45, 2.75) is 45.7 Å². The van der Waals surface area contributed by atoms with E-state index in [4.69, 9.17) is 18.0 Å². The molecule has 2 N–H and O–H groups in total. The lowest BCUT2D eigenvalue weighted by molar-refractivity contribution is 0.0912. The highest BCUT2D eigenvalue weighted by Gasteiger charge is 2.24. The summed E-state index contributed by atoms with van der Waals surface area (Å²) in [5.74, 6) is 0. The Labute approximate surface area is 105 Å². The number of hydrogen-bond acceptors (Lipinski definition) is 3. The number of nitrogens with zero attached hydrogens (tertiary/aromatic N) is 2. The van der Waals surface area contributed by atoms with Crippen LogP contribution in [-0.2, 0) is 0 Å². The molecule has 1 fully saturated rings. The molecule has 0 radical (unpaired) electrons. The van der Waals surface area contributed by atoms with Gasteiger partial charge in [-0.1, -0.05) is 25.6 Å². The van der Waals surface area contributed by atoms with Crippen molar-refractivity contribution >= 4 is 17.2 Å². The minimum absolute atomic E-state index is 0.249. The first-order valence-corrected chi connectivity index (χ1v) is 6.74. The molecule has 2 atom stereocenters. The molecule has 4 heteroatoms. The van der Waals surface area contributed by atoms with E-state index in [0.29, 0.717) is 11.0 Å². The highest BCUT2D eigenvalue weighted by atomic mass is 32.1. The van der Waals surface area contributed by atoms with E-state index in [2.05, 4.69) is 30.6 Å². The average molecular weight is 243 g/mol. The summed E-state index contributed by atoms with van der Waals surface area (Å²) in [5, 5.41) is 0. The van der Waals surface area contributed by atoms with E-state index in [0.717, 1.165) is 26.2 Å². The van der Waals surface area contributed by atoms with Crippen molar-refractivity contribution in [2.24, 2.45) is 5.73 Å². The molecule has 0 bridgehead atoms. The molecule has 0 aromatic carbocycles. The van der Waals surface area contributed by atoms with E-state index in [9.17, 15) is 0 Å². The Morgan fingerprint density at radius 3 is 2.12 bits per heavy atom. The van der Waals surface area contributed by atoms with Crippen LogP contribution in [-0.4, -0.2) is 53.1 Å². The molecule has 0 aromatic rings. The van der Waals surface area contributed by atoms with Gasteiger partial charge in [0.05, 0.1) is 11.0 Å². The van der Waals surface area contributed by atoms with Gasteiger partial charge in [0, 0.05) is 32.2 Å². The van der Waals surface area contributed by atoms with Crippen LogP contribution in [0.15, 0.2) is 0 Å². The number of piperazine rings is 1. The van der Waals surface area contributed by atoms with Crippen molar-refractivity contribution in [3.8, 4) is 0 Å². The Balaban J connectivity index is 2.36. The molecule has 1 aliphatic rings. The van der Waals surface area contributed by atoms with Crippen LogP contribution in [0.1, 0.15) is 33.6 Å². The van der Waals surface area contributed by atoms with Gasteiger partial charge in [0.25, 0.3) is 0 Å². The molecule has 0 aromatic heterocycles. The molecule has 16 heavy (non-hydrogen) atoms. The maximum atomic E-state index is 5.69. The van der Waals surface area contributed by atoms with E-state index in [1.807, 2.05) is 0 Å². The Morgan fingerprint density at radius 2 is 1.69 bits per heavy atom. The normalized spacial score (nSPS) is 22.9. The van der Waals surface area contributed by atoms with Gasteiger partial charge in [0.2, 0.25) is 0 Å². The summed E-state index contributed by atoms with van der Waals surface area (Å²) in [4.78, 5) is 5.58. The van der Waals surface area contributed by atoms with Crippen LogP contribution in [0.5, 0.6) is 0 Å². The standard InChI is InChI=1S/C12H25N3S/c1-4-5-10(2)14-6-8-15(9-7-14)11(3)12(13)16/h10-11H,4-9H2,1-3H3,(H2,13,16). The molecule has 0 spiro atoms. The van der Waals surface area contributed by atoms with Gasteiger partial charge in [-0.25, -0.2) is 0 Å². The topological polar surface area (TPSA) is 32.5 Å². The third-order valence-electron chi connectivity index (χ3n) is 3.64. The van der Waals surface area contributed by atoms with Gasteiger partial charge in [-0.05, 0) is 20.3 Å². The van der Waals surface area contributed by atoms with Crippen molar-refractivity contribution in [3.05, 3.63) is 0 Å². The van der Waals surface area contributed by atoms with Crippen LogP contribution in [0, 0.1) is 0 Å². The quantitative estimate of drug-likeness (QED) is 0.741. The van der Waals surface area contributed by atoms with Crippen molar-refractivity contribution < 1.29 is 0 Å². The maximum Gasteiger partial charge on any atom is 0.0899 e. The molecule has 0 aliphatic carbocycles. The molecule has 3 nitrogen and oxygen atoms in total. The second kappa shape index (κ2) is 6.52. The second-order valence-corrected chi connectivity index (χ2v) is 5.26. The molecular formula is C12H25N3S. The zero-order chi connectivity index (χ0) is 12.1. The molecule has 2 unspecified atom stereocenters. The lowest BCUT2D eigenvalue weighted by Crippen LogP contribution is -2.54. The van der Waals surface area contributed by atoms with Gasteiger partial charge in [-0.2, -0.15) is 0 Å². The summed E-state index contributed by atoms with van der Waals surface area (Å²) in [6.45, 7) is 11.2. The molecule has 1 aliphatic heterocycles. The molecule has 94 valence electrons. The first-order valence-electron chi connectivity index (χ1n) is 6.33. The van der Waals surface area contributed by atoms with Crippen LogP contribution >= 0.6 is 12.2 Å². The summed E-state index contributed by atoms with van der Waals surface area (Å²) in [6.07, 6.45) is 2.57. The fourth-order valence-corrected chi connectivity index (χ4v) is 2.49. The van der Waals surface area contributed by atoms with E-state index in [1.165, 1.54) is 12.8 Å². The van der Waals surface area contributed by atoms with Gasteiger partial charge in [-0.15, -0.1) is 0 Å². The van der Waals surface area contributed by atoms with Gasteiger partial charge < -0.3 is 5.73 Å². The lowest BCUT2D eigenvalue weighted by atomic mass is 10.1. The number of hydrogen-bond donors (Lipinski definition) is 1. The first-order chi connectivity index (χ1) is 7.56. The van der Waals surface area contributed by atoms with E-state index in [-0.39, 0.29) is 6.04 Å². The minimum atomic E-state index is 0.249. The fourth-order valence-electron chi connectivity index (χ4n) is 2.35. The predicted octanol–water partition coefficient (Wildman–Crippen LogP) is 1.47. The van der Waals surface area contributed by atoms with Crippen LogP contribution in [0.2, 0.25) is 0 Å². The summed E-state index contributed by atoms with van der Waals surface area (Å²) in [6, 6.07) is 0.964. The molecule has 0 saturated carbocycles. The van der Waals surface area contributed by atoms with Crippen LogP contribution in [0.4, 0.5) is 0 Å². The summed E-state index contributed by atoms with van der Waals surface area (Å²) >= 11 is 5.04. The number of thiocarbonyl (C=S) groups is 1. The largest absolute Gasteiger partial charge is 0.392 e. The molecular weight excluding hydrogens is 218 g/mol. The summed E-state index contributed by atoms with van der Waals surface area (Å²) < 4.78 is 0. The first kappa shape index (κ1) is 13.9. The Hall–Kier alpha value is -0.190. The minimum Gasteiger partial charge on any atom is -0.392 e. The Bertz CT molecular complexity index is 224. The zero-order valence-electron chi connectivity index (χ0n) is 10.8. The van der Waals surface area contributed by atoms with Crippen molar-refractivity contribution in [1.82, 2.24) is 9.80 Å². The van der Waals surface area contributed by atoms with Gasteiger partial charge in [0.15, 0.2) is 0 Å². The maximum absolute atomic E-state index is 5.69. The van der Waals surface area contributed by atoms with Gasteiger partial charge in [-0.3, -0.25) is 9.80 Å². The summed E-state index contributed by atoms with van der Waals surface area (Å²) in [5.41, 5.74) is 5.69. The smallest absolute Gasteiger partial charge is 0.0899 e. The average Bonchev–Trinajstić information content (AvgIpc) is 2.28. The van der Waals surface area contributed by atoms with Gasteiger partial charge >= 0.3 is 0 Å². The van der Waals surface area contributed by atoms with Crippen LogP contribution < -0.4 is 5.73 Å². The molecule has 1 saturated heterocycles. The molecule has 1 heterocycles. The van der Waals surface area contributed by atoms with Crippen molar-refractivity contribution in [2.75, 3.05) is 26.2 Å². The van der Waals surface area contributed by atoms with Crippen molar-refractivity contribution in [1.29, 1.82) is 0 Å². The molecule has 0 amide bonds. The second-order valence-electron chi connectivity index (χ2n) is 4.79. The monoisotopic (exact) mass is 243 g/mol. The summed E-state index contributed by atoms with van der Waals surface area (Å²) in [7, 11) is 0. The number of nitrogens with two attached hydrogens (primary N) is 1. The SMILES string of the molecule is CCCC(C)N1CCN(C(C)C(N)=S)CC1.